The fourth-order valence-corrected chi connectivity index (χ4v) is 1.48. The first kappa shape index (κ1) is 12.4. The molecule has 0 aliphatic carbocycles. The Bertz CT molecular complexity index is 234. The second-order valence-electron chi connectivity index (χ2n) is 4.48. The van der Waals surface area contributed by atoms with Gasteiger partial charge in [-0.2, -0.15) is 0 Å². The molecule has 0 aromatic rings. The number of esters is 1. The molecule has 2 N–H and O–H groups in total. The molecule has 2 unspecified atom stereocenters. The van der Waals surface area contributed by atoms with Crippen molar-refractivity contribution in [1.82, 2.24) is 5.32 Å². The van der Waals surface area contributed by atoms with Gasteiger partial charge in [0.05, 0.1) is 13.7 Å². The van der Waals surface area contributed by atoms with Crippen molar-refractivity contribution in [3.8, 4) is 0 Å². The van der Waals surface area contributed by atoms with Crippen LogP contribution >= 0.6 is 0 Å². The average Bonchev–Trinajstić information content (AvgIpc) is 2.62. The van der Waals surface area contributed by atoms with Crippen molar-refractivity contribution in [2.24, 2.45) is 0 Å². The first-order chi connectivity index (χ1) is 6.90. The van der Waals surface area contributed by atoms with Gasteiger partial charge >= 0.3 is 5.97 Å². The molecule has 88 valence electrons. The Morgan fingerprint density at radius 2 is 2.40 bits per heavy atom. The van der Waals surface area contributed by atoms with Gasteiger partial charge in [0.1, 0.15) is 0 Å². The minimum atomic E-state index is -1.49. The molecule has 15 heavy (non-hydrogen) atoms. The Hall–Kier alpha value is -0.650. The first-order valence-electron chi connectivity index (χ1n) is 5.03. The van der Waals surface area contributed by atoms with E-state index in [9.17, 15) is 9.90 Å². The molecule has 0 bridgehead atoms. The van der Waals surface area contributed by atoms with Crippen LogP contribution in [0.3, 0.4) is 0 Å². The molecule has 0 aromatic heterocycles. The van der Waals surface area contributed by atoms with Crippen LogP contribution in [0.2, 0.25) is 0 Å². The van der Waals surface area contributed by atoms with Gasteiger partial charge in [-0.3, -0.25) is 0 Å². The largest absolute Gasteiger partial charge is 0.467 e. The Balaban J connectivity index is 2.44. The summed E-state index contributed by atoms with van der Waals surface area (Å²) >= 11 is 0. The number of carbonyl (C=O) groups is 1. The molecule has 1 heterocycles. The highest BCUT2D eigenvalue weighted by Gasteiger charge is 2.36. The molecular formula is C10H19NO4. The maximum Gasteiger partial charge on any atom is 0.338 e. The molecule has 2 atom stereocenters. The van der Waals surface area contributed by atoms with Crippen LogP contribution < -0.4 is 5.32 Å². The number of rotatable bonds is 4. The van der Waals surface area contributed by atoms with Gasteiger partial charge in [0, 0.05) is 18.7 Å². The summed E-state index contributed by atoms with van der Waals surface area (Å²) in [5.74, 6) is -0.627. The third kappa shape index (κ3) is 3.15. The quantitative estimate of drug-likeness (QED) is 0.632. The smallest absolute Gasteiger partial charge is 0.338 e. The van der Waals surface area contributed by atoms with Crippen LogP contribution in [0.25, 0.3) is 0 Å². The zero-order chi connectivity index (χ0) is 11.5. The zero-order valence-electron chi connectivity index (χ0n) is 9.50. The summed E-state index contributed by atoms with van der Waals surface area (Å²) in [4.78, 5) is 11.2. The van der Waals surface area contributed by atoms with Gasteiger partial charge in [-0.25, -0.2) is 4.79 Å². The van der Waals surface area contributed by atoms with Crippen LogP contribution in [-0.2, 0) is 14.3 Å². The van der Waals surface area contributed by atoms with Gasteiger partial charge in [0.2, 0.25) is 0 Å². The Morgan fingerprint density at radius 3 is 2.87 bits per heavy atom. The first-order valence-corrected chi connectivity index (χ1v) is 5.03. The second kappa shape index (κ2) is 4.47. The van der Waals surface area contributed by atoms with Gasteiger partial charge in [-0.1, -0.05) is 0 Å². The number of β-amino-alcohol motifs (C(OH)–C–C–N with tert-alkyl or cyclic N) is 1. The summed E-state index contributed by atoms with van der Waals surface area (Å²) in [6.45, 7) is 4.92. The highest BCUT2D eigenvalue weighted by molar-refractivity contribution is 5.78. The maximum absolute atomic E-state index is 11.2. The lowest BCUT2D eigenvalue weighted by molar-refractivity contribution is -0.160. The highest BCUT2D eigenvalue weighted by atomic mass is 16.5. The number of nitrogens with one attached hydrogen (secondary N) is 1. The van der Waals surface area contributed by atoms with E-state index in [-0.39, 0.29) is 12.1 Å². The topological polar surface area (TPSA) is 67.8 Å². The maximum atomic E-state index is 11.2. The lowest BCUT2D eigenvalue weighted by Gasteiger charge is -2.28. The van der Waals surface area contributed by atoms with Gasteiger partial charge in [-0.15, -0.1) is 0 Å². The summed E-state index contributed by atoms with van der Waals surface area (Å²) in [5, 5.41) is 12.9. The lowest BCUT2D eigenvalue weighted by Crippen LogP contribution is -2.53. The summed E-state index contributed by atoms with van der Waals surface area (Å²) in [6, 6.07) is 0. The molecular weight excluding hydrogens is 198 g/mol. The van der Waals surface area contributed by atoms with Crippen LogP contribution in [-0.4, -0.2) is 49.1 Å². The molecule has 1 saturated heterocycles. The van der Waals surface area contributed by atoms with Crippen LogP contribution in [0.15, 0.2) is 0 Å². The Kier molecular flexibility index (Phi) is 3.70. The van der Waals surface area contributed by atoms with E-state index in [0.29, 0.717) is 13.2 Å². The molecule has 0 saturated carbocycles. The number of methoxy groups -OCH3 is 1. The number of hydrogen-bond donors (Lipinski definition) is 2. The van der Waals surface area contributed by atoms with Gasteiger partial charge in [-0.05, 0) is 20.3 Å². The average molecular weight is 217 g/mol. The molecule has 1 aliphatic heterocycles. The van der Waals surface area contributed by atoms with Crippen LogP contribution in [0.1, 0.15) is 20.3 Å². The van der Waals surface area contributed by atoms with Gasteiger partial charge in [0.25, 0.3) is 0 Å². The molecule has 5 nitrogen and oxygen atoms in total. The predicted molar refractivity (Wildman–Crippen MR) is 54.5 cm³/mol. The van der Waals surface area contributed by atoms with Crippen molar-refractivity contribution >= 4 is 5.97 Å². The molecule has 0 spiro atoms. The van der Waals surface area contributed by atoms with E-state index in [1.165, 1.54) is 14.0 Å². The Labute approximate surface area is 89.8 Å². The normalized spacial score (nSPS) is 29.9. The van der Waals surface area contributed by atoms with E-state index in [1.54, 1.807) is 0 Å². The second-order valence-corrected chi connectivity index (χ2v) is 4.48. The number of aliphatic hydroxyl groups is 1. The molecule has 0 aromatic carbocycles. The molecule has 5 heteroatoms. The third-order valence-corrected chi connectivity index (χ3v) is 2.70. The highest BCUT2D eigenvalue weighted by Crippen LogP contribution is 2.18. The predicted octanol–water partition coefficient (Wildman–Crippen LogP) is -0.321. The minimum absolute atomic E-state index is 0.155. The summed E-state index contributed by atoms with van der Waals surface area (Å²) in [7, 11) is 1.26. The van der Waals surface area contributed by atoms with E-state index in [0.717, 1.165) is 6.42 Å². The van der Waals surface area contributed by atoms with Crippen LogP contribution in [0.5, 0.6) is 0 Å². The molecule has 0 amide bonds. The fourth-order valence-electron chi connectivity index (χ4n) is 1.48. The van der Waals surface area contributed by atoms with Gasteiger partial charge in [0.15, 0.2) is 5.60 Å². The van der Waals surface area contributed by atoms with Crippen molar-refractivity contribution in [2.45, 2.75) is 31.4 Å². The van der Waals surface area contributed by atoms with Crippen molar-refractivity contribution in [3.63, 3.8) is 0 Å². The summed E-state index contributed by atoms with van der Waals surface area (Å²) in [5.41, 5.74) is -1.64. The van der Waals surface area contributed by atoms with E-state index in [4.69, 9.17) is 4.74 Å². The SMILES string of the molecule is COC(=O)C(C)(O)CNC1(C)CCOC1. The van der Waals surface area contributed by atoms with Crippen LogP contribution in [0.4, 0.5) is 0 Å². The van der Waals surface area contributed by atoms with E-state index in [1.807, 2.05) is 6.92 Å². The number of ether oxygens (including phenoxy) is 2. The molecule has 1 fully saturated rings. The minimum Gasteiger partial charge on any atom is -0.467 e. The van der Waals surface area contributed by atoms with Crippen molar-refractivity contribution in [1.29, 1.82) is 0 Å². The summed E-state index contributed by atoms with van der Waals surface area (Å²) in [6.07, 6.45) is 0.879. The van der Waals surface area contributed by atoms with Gasteiger partial charge < -0.3 is 19.9 Å². The van der Waals surface area contributed by atoms with Crippen molar-refractivity contribution in [2.75, 3.05) is 26.9 Å². The Morgan fingerprint density at radius 1 is 1.73 bits per heavy atom. The number of hydrogen-bond acceptors (Lipinski definition) is 5. The molecule has 0 radical (unpaired) electrons. The monoisotopic (exact) mass is 217 g/mol. The molecule has 1 rings (SSSR count). The lowest BCUT2D eigenvalue weighted by atomic mass is 9.99. The van der Waals surface area contributed by atoms with E-state index in [2.05, 4.69) is 10.1 Å². The van der Waals surface area contributed by atoms with Crippen LogP contribution in [0, 0.1) is 0 Å². The van der Waals surface area contributed by atoms with E-state index >= 15 is 0 Å². The molecule has 1 aliphatic rings. The van der Waals surface area contributed by atoms with E-state index < -0.39 is 11.6 Å². The fraction of sp³-hybridized carbons (Fsp3) is 0.900. The standard InChI is InChI=1S/C10H19NO4/c1-9(4-5-15-7-9)11-6-10(2,13)8(12)14-3/h11,13H,4-7H2,1-3H3. The number of carbonyl (C=O) groups excluding carboxylic acids is 1. The summed E-state index contributed by atoms with van der Waals surface area (Å²) < 4.78 is 9.75. The zero-order valence-corrected chi connectivity index (χ0v) is 9.50. The van der Waals surface area contributed by atoms with Crippen molar-refractivity contribution in [3.05, 3.63) is 0 Å². The van der Waals surface area contributed by atoms with Crippen molar-refractivity contribution < 1.29 is 19.4 Å². The third-order valence-electron chi connectivity index (χ3n) is 2.70.